The SMILES string of the molecule is CCCCCCCCCC[C@@H]1C[C@](C)(C(=O)OC)C(=O)O1. The highest BCUT2D eigenvalue weighted by Gasteiger charge is 2.51. The van der Waals surface area contributed by atoms with Gasteiger partial charge in [-0.1, -0.05) is 51.9 Å². The van der Waals surface area contributed by atoms with Crippen LogP contribution in [0, 0.1) is 5.41 Å². The monoisotopic (exact) mass is 298 g/mol. The highest BCUT2D eigenvalue weighted by atomic mass is 16.6. The van der Waals surface area contributed by atoms with Crippen molar-refractivity contribution in [3.63, 3.8) is 0 Å². The summed E-state index contributed by atoms with van der Waals surface area (Å²) < 4.78 is 10.0. The number of methoxy groups -OCH3 is 1. The summed E-state index contributed by atoms with van der Waals surface area (Å²) in [5.41, 5.74) is -1.10. The number of rotatable bonds is 10. The van der Waals surface area contributed by atoms with Gasteiger partial charge in [-0.15, -0.1) is 0 Å². The van der Waals surface area contributed by atoms with Crippen LogP contribution in [-0.4, -0.2) is 25.2 Å². The third-order valence-electron chi connectivity index (χ3n) is 4.38. The van der Waals surface area contributed by atoms with Crippen molar-refractivity contribution in [1.82, 2.24) is 0 Å². The van der Waals surface area contributed by atoms with E-state index in [-0.39, 0.29) is 6.10 Å². The number of ether oxygens (including phenoxy) is 2. The Hall–Kier alpha value is -1.06. The van der Waals surface area contributed by atoms with Crippen molar-refractivity contribution in [3.8, 4) is 0 Å². The molecule has 1 fully saturated rings. The maximum absolute atomic E-state index is 11.8. The number of hydrogen-bond donors (Lipinski definition) is 0. The molecule has 0 aromatic rings. The number of carbonyl (C=O) groups excluding carboxylic acids is 2. The minimum Gasteiger partial charge on any atom is -0.468 e. The van der Waals surface area contributed by atoms with E-state index < -0.39 is 17.4 Å². The molecule has 1 heterocycles. The lowest BCUT2D eigenvalue weighted by Crippen LogP contribution is -2.33. The Morgan fingerprint density at radius 3 is 2.33 bits per heavy atom. The molecule has 21 heavy (non-hydrogen) atoms. The standard InChI is InChI=1S/C17H30O4/c1-4-5-6-7-8-9-10-11-12-14-13-17(2,15(18)20-3)16(19)21-14/h14H,4-13H2,1-3H3/t14-,17-/m1/s1. The van der Waals surface area contributed by atoms with Crippen LogP contribution < -0.4 is 0 Å². The molecule has 0 saturated carbocycles. The molecule has 0 aromatic heterocycles. The molecule has 0 radical (unpaired) electrons. The predicted octanol–water partition coefficient (Wildman–Crippen LogP) is 4.01. The van der Waals surface area contributed by atoms with Crippen molar-refractivity contribution in [2.75, 3.05) is 7.11 Å². The molecule has 1 aliphatic heterocycles. The summed E-state index contributed by atoms with van der Waals surface area (Å²) in [6.45, 7) is 3.85. The van der Waals surface area contributed by atoms with E-state index in [0.29, 0.717) is 6.42 Å². The second kappa shape index (κ2) is 9.06. The molecule has 2 atom stereocenters. The highest BCUT2D eigenvalue weighted by Crippen LogP contribution is 2.36. The summed E-state index contributed by atoms with van der Waals surface area (Å²) in [7, 11) is 1.31. The third-order valence-corrected chi connectivity index (χ3v) is 4.38. The van der Waals surface area contributed by atoms with Gasteiger partial charge in [0.2, 0.25) is 0 Å². The molecule has 1 rings (SSSR count). The molecule has 0 amide bonds. The Kier molecular flexibility index (Phi) is 7.76. The molecule has 0 aromatic carbocycles. The van der Waals surface area contributed by atoms with Crippen LogP contribution in [0.1, 0.15) is 78.1 Å². The topological polar surface area (TPSA) is 52.6 Å². The largest absolute Gasteiger partial charge is 0.468 e. The lowest BCUT2D eigenvalue weighted by Gasteiger charge is -2.15. The Morgan fingerprint density at radius 2 is 1.76 bits per heavy atom. The zero-order valence-corrected chi connectivity index (χ0v) is 13.8. The summed E-state index contributed by atoms with van der Waals surface area (Å²) in [6, 6.07) is 0. The minimum atomic E-state index is -1.10. The molecular weight excluding hydrogens is 268 g/mol. The first-order valence-electron chi connectivity index (χ1n) is 8.34. The molecule has 4 nitrogen and oxygen atoms in total. The van der Waals surface area contributed by atoms with Gasteiger partial charge in [0.1, 0.15) is 6.10 Å². The van der Waals surface area contributed by atoms with Gasteiger partial charge >= 0.3 is 11.9 Å². The predicted molar refractivity (Wildman–Crippen MR) is 81.8 cm³/mol. The second-order valence-electron chi connectivity index (χ2n) is 6.32. The fourth-order valence-corrected chi connectivity index (χ4v) is 2.92. The summed E-state index contributed by atoms with van der Waals surface area (Å²) in [5, 5.41) is 0. The van der Waals surface area contributed by atoms with Crippen LogP contribution in [0.15, 0.2) is 0 Å². The van der Waals surface area contributed by atoms with Gasteiger partial charge in [0.25, 0.3) is 0 Å². The number of esters is 2. The average Bonchev–Trinajstić information content (AvgIpc) is 2.77. The van der Waals surface area contributed by atoms with Crippen LogP contribution >= 0.6 is 0 Å². The van der Waals surface area contributed by atoms with Gasteiger partial charge in [0.15, 0.2) is 5.41 Å². The van der Waals surface area contributed by atoms with E-state index in [1.54, 1.807) is 6.92 Å². The molecule has 0 bridgehead atoms. The van der Waals surface area contributed by atoms with Crippen LogP contribution in [0.4, 0.5) is 0 Å². The molecule has 0 spiro atoms. The van der Waals surface area contributed by atoms with Gasteiger partial charge in [-0.25, -0.2) is 0 Å². The summed E-state index contributed by atoms with van der Waals surface area (Å²) >= 11 is 0. The van der Waals surface area contributed by atoms with Gasteiger partial charge in [-0.05, 0) is 19.8 Å². The van der Waals surface area contributed by atoms with Crippen LogP contribution in [0.25, 0.3) is 0 Å². The molecular formula is C17H30O4. The van der Waals surface area contributed by atoms with Crippen LogP contribution in [0.5, 0.6) is 0 Å². The van der Waals surface area contributed by atoms with Gasteiger partial charge in [0.05, 0.1) is 7.11 Å². The van der Waals surface area contributed by atoms with Gasteiger partial charge in [0, 0.05) is 6.42 Å². The second-order valence-corrected chi connectivity index (χ2v) is 6.32. The molecule has 1 saturated heterocycles. The van der Waals surface area contributed by atoms with E-state index >= 15 is 0 Å². The zero-order valence-electron chi connectivity index (χ0n) is 13.8. The van der Waals surface area contributed by atoms with Gasteiger partial charge in [-0.3, -0.25) is 9.59 Å². The fourth-order valence-electron chi connectivity index (χ4n) is 2.92. The maximum Gasteiger partial charge on any atom is 0.323 e. The van der Waals surface area contributed by atoms with Crippen LogP contribution in [0.3, 0.4) is 0 Å². The quantitative estimate of drug-likeness (QED) is 0.347. The van der Waals surface area contributed by atoms with Crippen molar-refractivity contribution in [1.29, 1.82) is 0 Å². The number of hydrogen-bond acceptors (Lipinski definition) is 4. The third kappa shape index (κ3) is 5.33. The minimum absolute atomic E-state index is 0.123. The maximum atomic E-state index is 11.8. The molecule has 0 unspecified atom stereocenters. The Morgan fingerprint density at radius 1 is 1.19 bits per heavy atom. The van der Waals surface area contributed by atoms with Crippen molar-refractivity contribution in [3.05, 3.63) is 0 Å². The lowest BCUT2D eigenvalue weighted by molar-refractivity contribution is -0.162. The molecule has 4 heteroatoms. The van der Waals surface area contributed by atoms with Crippen LogP contribution in [0.2, 0.25) is 0 Å². The van der Waals surface area contributed by atoms with Crippen molar-refractivity contribution >= 4 is 11.9 Å². The zero-order chi connectivity index (χ0) is 15.7. The van der Waals surface area contributed by atoms with Crippen LogP contribution in [-0.2, 0) is 19.1 Å². The van der Waals surface area contributed by atoms with E-state index in [2.05, 4.69) is 6.92 Å². The Balaban J connectivity index is 2.15. The summed E-state index contributed by atoms with van der Waals surface area (Å²) in [4.78, 5) is 23.5. The first-order valence-corrected chi connectivity index (χ1v) is 8.34. The Labute approximate surface area is 128 Å². The molecule has 0 aliphatic carbocycles. The normalized spacial score (nSPS) is 24.9. The van der Waals surface area contributed by atoms with E-state index in [1.165, 1.54) is 52.1 Å². The molecule has 0 N–H and O–H groups in total. The molecule has 122 valence electrons. The summed E-state index contributed by atoms with van der Waals surface area (Å²) in [6.07, 6.45) is 11.3. The van der Waals surface area contributed by atoms with Crippen molar-refractivity contribution in [2.45, 2.75) is 84.2 Å². The number of cyclic esters (lactones) is 1. The number of carbonyl (C=O) groups is 2. The Bertz CT molecular complexity index is 340. The van der Waals surface area contributed by atoms with Crippen molar-refractivity contribution < 1.29 is 19.1 Å². The lowest BCUT2D eigenvalue weighted by atomic mass is 9.86. The highest BCUT2D eigenvalue weighted by molar-refractivity contribution is 6.00. The van der Waals surface area contributed by atoms with Gasteiger partial charge in [-0.2, -0.15) is 0 Å². The van der Waals surface area contributed by atoms with E-state index in [9.17, 15) is 9.59 Å². The summed E-state index contributed by atoms with van der Waals surface area (Å²) in [5.74, 6) is -0.912. The molecule has 1 aliphatic rings. The smallest absolute Gasteiger partial charge is 0.323 e. The first-order chi connectivity index (χ1) is 10.0. The fraction of sp³-hybridized carbons (Fsp3) is 0.882. The number of unbranched alkanes of at least 4 members (excludes halogenated alkanes) is 7. The van der Waals surface area contributed by atoms with Gasteiger partial charge < -0.3 is 9.47 Å². The van der Waals surface area contributed by atoms with E-state index in [0.717, 1.165) is 12.8 Å². The van der Waals surface area contributed by atoms with E-state index in [1.807, 2.05) is 0 Å². The van der Waals surface area contributed by atoms with Crippen molar-refractivity contribution in [2.24, 2.45) is 5.41 Å². The first kappa shape index (κ1) is 18.0. The van der Waals surface area contributed by atoms with E-state index in [4.69, 9.17) is 9.47 Å². The average molecular weight is 298 g/mol.